The van der Waals surface area contributed by atoms with Crippen molar-refractivity contribution in [3.8, 4) is 0 Å². The SMILES string of the molecule is O=C1CCCCC1(Nc1cccc(Cl)c1)c1ccccc1. The molecule has 0 radical (unpaired) electrons. The van der Waals surface area contributed by atoms with Crippen molar-refractivity contribution >= 4 is 23.1 Å². The summed E-state index contributed by atoms with van der Waals surface area (Å²) in [6.07, 6.45) is 3.48. The van der Waals surface area contributed by atoms with Gasteiger partial charge in [0.25, 0.3) is 0 Å². The van der Waals surface area contributed by atoms with Crippen molar-refractivity contribution in [2.45, 2.75) is 31.2 Å². The maximum absolute atomic E-state index is 12.7. The first-order valence-electron chi connectivity index (χ1n) is 7.33. The lowest BCUT2D eigenvalue weighted by atomic mass is 9.75. The largest absolute Gasteiger partial charge is 0.369 e. The van der Waals surface area contributed by atoms with Gasteiger partial charge in [-0.05, 0) is 43.0 Å². The van der Waals surface area contributed by atoms with E-state index in [4.69, 9.17) is 11.6 Å². The average molecular weight is 300 g/mol. The Morgan fingerprint density at radius 1 is 1.00 bits per heavy atom. The molecule has 1 saturated carbocycles. The van der Waals surface area contributed by atoms with Crippen molar-refractivity contribution in [3.63, 3.8) is 0 Å². The van der Waals surface area contributed by atoms with Gasteiger partial charge >= 0.3 is 0 Å². The van der Waals surface area contributed by atoms with Gasteiger partial charge in [0, 0.05) is 17.1 Å². The molecule has 0 heterocycles. The molecular weight excluding hydrogens is 282 g/mol. The predicted molar refractivity (Wildman–Crippen MR) is 86.7 cm³/mol. The molecule has 0 aromatic heterocycles. The summed E-state index contributed by atoms with van der Waals surface area (Å²) in [7, 11) is 0. The van der Waals surface area contributed by atoms with Gasteiger partial charge in [-0.3, -0.25) is 4.79 Å². The van der Waals surface area contributed by atoms with Crippen molar-refractivity contribution in [2.75, 3.05) is 5.32 Å². The Bertz CT molecular complexity index is 641. The van der Waals surface area contributed by atoms with E-state index in [1.54, 1.807) is 0 Å². The molecule has 2 aromatic carbocycles. The van der Waals surface area contributed by atoms with Gasteiger partial charge in [0.1, 0.15) is 5.54 Å². The van der Waals surface area contributed by atoms with Crippen molar-refractivity contribution < 1.29 is 4.79 Å². The van der Waals surface area contributed by atoms with Crippen LogP contribution in [0.3, 0.4) is 0 Å². The van der Waals surface area contributed by atoms with Crippen LogP contribution in [0.2, 0.25) is 5.02 Å². The predicted octanol–water partition coefficient (Wildman–Crippen LogP) is 4.79. The Morgan fingerprint density at radius 3 is 2.52 bits per heavy atom. The summed E-state index contributed by atoms with van der Waals surface area (Å²) in [6.45, 7) is 0. The van der Waals surface area contributed by atoms with E-state index in [1.165, 1.54) is 0 Å². The monoisotopic (exact) mass is 299 g/mol. The standard InChI is InChI=1S/C18H18ClNO/c19-15-9-6-10-16(13-15)20-18(12-5-4-11-17(18)21)14-7-2-1-3-8-14/h1-3,6-10,13,20H,4-5,11-12H2. The number of anilines is 1. The molecule has 1 atom stereocenters. The maximum atomic E-state index is 12.7. The lowest BCUT2D eigenvalue weighted by Crippen LogP contribution is -2.45. The molecule has 2 aromatic rings. The van der Waals surface area contributed by atoms with Crippen molar-refractivity contribution in [1.82, 2.24) is 0 Å². The molecule has 0 aliphatic heterocycles. The number of Topliss-reactive ketones (excluding diaryl/α,β-unsaturated/α-hetero) is 1. The first kappa shape index (κ1) is 14.2. The Morgan fingerprint density at radius 2 is 1.81 bits per heavy atom. The number of hydrogen-bond donors (Lipinski definition) is 1. The fraction of sp³-hybridized carbons (Fsp3) is 0.278. The molecule has 3 heteroatoms. The zero-order valence-corrected chi connectivity index (χ0v) is 12.6. The van der Waals surface area contributed by atoms with Crippen molar-refractivity contribution in [1.29, 1.82) is 0 Å². The zero-order valence-electron chi connectivity index (χ0n) is 11.8. The van der Waals surface area contributed by atoms with Gasteiger partial charge in [-0.25, -0.2) is 0 Å². The summed E-state index contributed by atoms with van der Waals surface area (Å²) in [5, 5.41) is 4.14. The second-order valence-electron chi connectivity index (χ2n) is 5.54. The van der Waals surface area contributed by atoms with Crippen LogP contribution >= 0.6 is 11.6 Å². The third-order valence-electron chi connectivity index (χ3n) is 4.13. The molecule has 108 valence electrons. The maximum Gasteiger partial charge on any atom is 0.162 e. The Balaban J connectivity index is 2.02. The quantitative estimate of drug-likeness (QED) is 0.883. The van der Waals surface area contributed by atoms with Gasteiger partial charge in [-0.15, -0.1) is 0 Å². The number of carbonyl (C=O) groups excluding carboxylic acids is 1. The van der Waals surface area contributed by atoms with Crippen LogP contribution in [0.25, 0.3) is 0 Å². The lowest BCUT2D eigenvalue weighted by Gasteiger charge is -2.38. The topological polar surface area (TPSA) is 29.1 Å². The minimum Gasteiger partial charge on any atom is -0.369 e. The van der Waals surface area contributed by atoms with Crippen molar-refractivity contribution in [3.05, 3.63) is 65.2 Å². The molecular formula is C18H18ClNO. The highest BCUT2D eigenvalue weighted by Crippen LogP contribution is 2.38. The summed E-state index contributed by atoms with van der Waals surface area (Å²) in [6, 6.07) is 17.6. The van der Waals surface area contributed by atoms with Crippen LogP contribution in [0.4, 0.5) is 5.69 Å². The Labute approximate surface area is 130 Å². The van der Waals surface area contributed by atoms with Crippen LogP contribution in [-0.2, 0) is 10.3 Å². The second-order valence-corrected chi connectivity index (χ2v) is 5.97. The van der Waals surface area contributed by atoms with E-state index in [-0.39, 0.29) is 5.78 Å². The molecule has 1 fully saturated rings. The number of hydrogen-bond acceptors (Lipinski definition) is 2. The Hall–Kier alpha value is -1.80. The number of carbonyl (C=O) groups is 1. The smallest absolute Gasteiger partial charge is 0.162 e. The zero-order chi connectivity index (χ0) is 14.7. The average Bonchev–Trinajstić information content (AvgIpc) is 2.51. The lowest BCUT2D eigenvalue weighted by molar-refractivity contribution is -0.125. The fourth-order valence-corrected chi connectivity index (χ4v) is 3.26. The molecule has 3 rings (SSSR count). The summed E-state index contributed by atoms with van der Waals surface area (Å²) in [4.78, 5) is 12.7. The number of benzene rings is 2. The van der Waals surface area contributed by atoms with Gasteiger partial charge in [0.2, 0.25) is 0 Å². The van der Waals surface area contributed by atoms with Gasteiger partial charge in [0.05, 0.1) is 0 Å². The van der Waals surface area contributed by atoms with E-state index in [9.17, 15) is 4.79 Å². The molecule has 1 aliphatic carbocycles. The van der Waals surface area contributed by atoms with E-state index >= 15 is 0 Å². The first-order valence-corrected chi connectivity index (χ1v) is 7.71. The number of halogens is 1. The summed E-state index contributed by atoms with van der Waals surface area (Å²) in [5.41, 5.74) is 1.31. The number of rotatable bonds is 3. The van der Waals surface area contributed by atoms with Gasteiger partial charge < -0.3 is 5.32 Å². The van der Waals surface area contributed by atoms with Gasteiger partial charge in [-0.1, -0.05) is 48.0 Å². The molecule has 1 unspecified atom stereocenters. The summed E-state index contributed by atoms with van der Waals surface area (Å²) < 4.78 is 0. The van der Waals surface area contributed by atoms with E-state index < -0.39 is 5.54 Å². The normalized spacial score (nSPS) is 22.0. The molecule has 21 heavy (non-hydrogen) atoms. The van der Waals surface area contributed by atoms with Crippen LogP contribution in [-0.4, -0.2) is 5.78 Å². The van der Waals surface area contributed by atoms with Crippen LogP contribution in [0.1, 0.15) is 31.2 Å². The van der Waals surface area contributed by atoms with E-state index in [1.807, 2.05) is 54.6 Å². The second kappa shape index (κ2) is 5.90. The molecule has 1 N–H and O–H groups in total. The highest BCUT2D eigenvalue weighted by molar-refractivity contribution is 6.30. The molecule has 0 saturated heterocycles. The third-order valence-corrected chi connectivity index (χ3v) is 4.37. The summed E-state index contributed by atoms with van der Waals surface area (Å²) in [5.74, 6) is 0.264. The molecule has 2 nitrogen and oxygen atoms in total. The minimum atomic E-state index is -0.621. The summed E-state index contributed by atoms with van der Waals surface area (Å²) >= 11 is 6.07. The third kappa shape index (κ3) is 2.81. The number of ketones is 1. The molecule has 0 spiro atoms. The van der Waals surface area contributed by atoms with E-state index in [0.717, 1.165) is 30.5 Å². The molecule has 0 bridgehead atoms. The van der Waals surface area contributed by atoms with E-state index in [0.29, 0.717) is 11.4 Å². The van der Waals surface area contributed by atoms with Gasteiger partial charge in [0.15, 0.2) is 5.78 Å². The van der Waals surface area contributed by atoms with Crippen LogP contribution in [0.15, 0.2) is 54.6 Å². The van der Waals surface area contributed by atoms with Crippen LogP contribution < -0.4 is 5.32 Å². The Kier molecular flexibility index (Phi) is 3.98. The highest BCUT2D eigenvalue weighted by atomic mass is 35.5. The fourth-order valence-electron chi connectivity index (χ4n) is 3.07. The first-order chi connectivity index (χ1) is 10.2. The van der Waals surface area contributed by atoms with Crippen LogP contribution in [0.5, 0.6) is 0 Å². The van der Waals surface area contributed by atoms with Crippen LogP contribution in [0, 0.1) is 0 Å². The number of nitrogens with one attached hydrogen (secondary N) is 1. The van der Waals surface area contributed by atoms with E-state index in [2.05, 4.69) is 5.32 Å². The highest BCUT2D eigenvalue weighted by Gasteiger charge is 2.41. The minimum absolute atomic E-state index is 0.264. The van der Waals surface area contributed by atoms with Gasteiger partial charge in [-0.2, -0.15) is 0 Å². The van der Waals surface area contributed by atoms with Crippen molar-refractivity contribution in [2.24, 2.45) is 0 Å². The molecule has 1 aliphatic rings. The molecule has 0 amide bonds.